The Morgan fingerprint density at radius 1 is 1.32 bits per heavy atom. The molecule has 2 amide bonds. The predicted octanol–water partition coefficient (Wildman–Crippen LogP) is 5.31. The summed E-state index contributed by atoms with van der Waals surface area (Å²) in [5.41, 5.74) is 1.98. The van der Waals surface area contributed by atoms with Crippen LogP contribution in [0, 0.1) is 18.3 Å². The summed E-state index contributed by atoms with van der Waals surface area (Å²) in [5.74, 6) is 0. The minimum Gasteiger partial charge on any atom is -0.412 e. The van der Waals surface area contributed by atoms with E-state index in [0.717, 1.165) is 17.7 Å². The van der Waals surface area contributed by atoms with Gasteiger partial charge >= 0.3 is 6.03 Å². The summed E-state index contributed by atoms with van der Waals surface area (Å²) in [7, 11) is -1.93. The molecule has 152 valence electrons. The van der Waals surface area contributed by atoms with Gasteiger partial charge in [0.25, 0.3) is 0 Å². The minimum atomic E-state index is -1.93. The normalized spacial score (nSPS) is 25.2. The third-order valence-electron chi connectivity index (χ3n) is 6.74. The Balaban J connectivity index is 1.92. The van der Waals surface area contributed by atoms with E-state index in [-0.39, 0.29) is 29.3 Å². The Morgan fingerprint density at radius 3 is 2.54 bits per heavy atom. The van der Waals surface area contributed by atoms with Crippen molar-refractivity contribution >= 4 is 31.6 Å². The summed E-state index contributed by atoms with van der Waals surface area (Å²) in [6.07, 6.45) is 0.938. The summed E-state index contributed by atoms with van der Waals surface area (Å²) in [6, 6.07) is 5.65. The zero-order valence-electron chi connectivity index (χ0n) is 17.8. The van der Waals surface area contributed by atoms with Gasteiger partial charge < -0.3 is 9.33 Å². The second-order valence-electron chi connectivity index (χ2n) is 9.47. The summed E-state index contributed by atoms with van der Waals surface area (Å²) in [6.45, 7) is 15.9. The lowest BCUT2D eigenvalue weighted by atomic mass is 10.0. The van der Waals surface area contributed by atoms with Gasteiger partial charge in [0.2, 0.25) is 0 Å². The van der Waals surface area contributed by atoms with Crippen molar-refractivity contribution in [2.24, 2.45) is 0 Å². The molecule has 28 heavy (non-hydrogen) atoms. The smallest absolute Gasteiger partial charge is 0.325 e. The predicted molar refractivity (Wildman–Crippen MR) is 115 cm³/mol. The highest BCUT2D eigenvalue weighted by atomic mass is 35.5. The van der Waals surface area contributed by atoms with Crippen LogP contribution in [0.5, 0.6) is 0 Å². The minimum absolute atomic E-state index is 0.00251. The van der Waals surface area contributed by atoms with Crippen LogP contribution in [0.2, 0.25) is 23.2 Å². The third kappa shape index (κ3) is 3.24. The van der Waals surface area contributed by atoms with Gasteiger partial charge in [-0.15, -0.1) is 0 Å². The van der Waals surface area contributed by atoms with E-state index in [9.17, 15) is 10.1 Å². The van der Waals surface area contributed by atoms with Gasteiger partial charge in [0.15, 0.2) is 8.32 Å². The number of nitrogens with zero attached hydrogens (tertiary/aromatic N) is 3. The molecule has 5 nitrogen and oxygen atoms in total. The molecule has 1 aromatic rings. The monoisotopic (exact) mass is 419 g/mol. The van der Waals surface area contributed by atoms with Crippen molar-refractivity contribution < 1.29 is 9.22 Å². The molecule has 2 aliphatic heterocycles. The molecular formula is C21H30ClN3O2Si. The second-order valence-corrected chi connectivity index (χ2v) is 14.6. The molecular weight excluding hydrogens is 390 g/mol. The number of carbonyl (C=O) groups is 1. The van der Waals surface area contributed by atoms with Crippen molar-refractivity contribution in [2.45, 2.75) is 77.4 Å². The number of anilines is 1. The molecule has 2 saturated heterocycles. The van der Waals surface area contributed by atoms with Crippen molar-refractivity contribution in [3.8, 4) is 6.07 Å². The van der Waals surface area contributed by atoms with Gasteiger partial charge in [-0.25, -0.2) is 4.79 Å². The number of fused-ring (bicyclic) bond motifs is 1. The fraction of sp³-hybridized carbons (Fsp3) is 0.619. The van der Waals surface area contributed by atoms with Gasteiger partial charge in [-0.3, -0.25) is 4.90 Å². The highest BCUT2D eigenvalue weighted by molar-refractivity contribution is 6.74. The fourth-order valence-electron chi connectivity index (χ4n) is 4.07. The number of amides is 2. The first-order chi connectivity index (χ1) is 12.9. The molecule has 2 fully saturated rings. The van der Waals surface area contributed by atoms with Gasteiger partial charge in [0.05, 0.1) is 34.5 Å². The van der Waals surface area contributed by atoms with Crippen LogP contribution in [0.1, 0.15) is 45.2 Å². The third-order valence-corrected chi connectivity index (χ3v) is 11.7. The topological polar surface area (TPSA) is 56.6 Å². The number of carbonyl (C=O) groups excluding carboxylic acids is 1. The summed E-state index contributed by atoms with van der Waals surface area (Å²) < 4.78 is 6.72. The van der Waals surface area contributed by atoms with E-state index in [1.165, 1.54) is 0 Å². The van der Waals surface area contributed by atoms with Gasteiger partial charge in [0.1, 0.15) is 6.07 Å². The molecule has 0 radical (unpaired) electrons. The molecule has 2 heterocycles. The SMILES string of the molecule is Cc1c(N2C(=O)N3CC[C@@H](O[Si](C)(C)C(C)(C)C)[C@H]3[C@H]2C)ccc(C#N)c1Cl. The molecule has 0 aromatic heterocycles. The van der Waals surface area contributed by atoms with Gasteiger partial charge in [-0.1, -0.05) is 32.4 Å². The van der Waals surface area contributed by atoms with Crippen molar-refractivity contribution in [1.29, 1.82) is 5.26 Å². The van der Waals surface area contributed by atoms with E-state index in [1.54, 1.807) is 6.07 Å². The van der Waals surface area contributed by atoms with Crippen LogP contribution in [-0.2, 0) is 4.43 Å². The van der Waals surface area contributed by atoms with Crippen molar-refractivity contribution in [3.63, 3.8) is 0 Å². The van der Waals surface area contributed by atoms with Gasteiger partial charge in [-0.05, 0) is 56.1 Å². The average molecular weight is 420 g/mol. The van der Waals surface area contributed by atoms with Crippen LogP contribution >= 0.6 is 11.6 Å². The van der Waals surface area contributed by atoms with Crippen LogP contribution in [0.15, 0.2) is 12.1 Å². The maximum atomic E-state index is 13.2. The molecule has 0 N–H and O–H groups in total. The summed E-state index contributed by atoms with van der Waals surface area (Å²) in [5, 5.41) is 9.75. The molecule has 0 bridgehead atoms. The van der Waals surface area contributed by atoms with E-state index in [2.05, 4.69) is 46.9 Å². The number of benzene rings is 1. The van der Waals surface area contributed by atoms with Crippen LogP contribution < -0.4 is 4.90 Å². The molecule has 3 rings (SSSR count). The van der Waals surface area contributed by atoms with E-state index in [1.807, 2.05) is 22.8 Å². The highest BCUT2D eigenvalue weighted by Gasteiger charge is 2.54. The van der Waals surface area contributed by atoms with E-state index >= 15 is 0 Å². The Kier molecular flexibility index (Phi) is 5.33. The first-order valence-electron chi connectivity index (χ1n) is 9.87. The summed E-state index contributed by atoms with van der Waals surface area (Å²) >= 11 is 6.37. The summed E-state index contributed by atoms with van der Waals surface area (Å²) in [4.78, 5) is 17.0. The van der Waals surface area contributed by atoms with Crippen LogP contribution in [0.3, 0.4) is 0 Å². The molecule has 0 saturated carbocycles. The first-order valence-corrected chi connectivity index (χ1v) is 13.2. The standard InChI is InChI=1S/C21H30ClN3O2Si/c1-13-16(9-8-15(12-23)18(13)22)25-14(2)19-17(10-11-24(19)20(25)26)27-28(6,7)21(3,4)5/h8-9,14,17,19H,10-11H2,1-7H3/t14-,17-,19-/m1/s1. The molecule has 0 unspecified atom stereocenters. The number of rotatable bonds is 3. The second kappa shape index (κ2) is 7.05. The molecule has 7 heteroatoms. The molecule has 3 atom stereocenters. The number of halogens is 1. The molecule has 2 aliphatic rings. The Hall–Kier alpha value is -1.55. The van der Waals surface area contributed by atoms with E-state index in [4.69, 9.17) is 16.0 Å². The molecule has 0 spiro atoms. The maximum Gasteiger partial charge on any atom is 0.325 e. The van der Waals surface area contributed by atoms with Crippen LogP contribution in [-0.4, -0.2) is 44.0 Å². The Bertz CT molecular complexity index is 843. The van der Waals surface area contributed by atoms with Crippen LogP contribution in [0.25, 0.3) is 0 Å². The fourth-order valence-corrected chi connectivity index (χ4v) is 5.64. The average Bonchev–Trinajstić information content (AvgIpc) is 3.10. The van der Waals surface area contributed by atoms with Gasteiger partial charge in [0, 0.05) is 6.54 Å². The highest BCUT2D eigenvalue weighted by Crippen LogP contribution is 2.43. The van der Waals surface area contributed by atoms with E-state index in [0.29, 0.717) is 17.1 Å². The van der Waals surface area contributed by atoms with Crippen molar-refractivity contribution in [1.82, 2.24) is 4.90 Å². The Morgan fingerprint density at radius 2 is 1.96 bits per heavy atom. The number of hydrogen-bond donors (Lipinski definition) is 0. The zero-order valence-corrected chi connectivity index (χ0v) is 19.6. The largest absolute Gasteiger partial charge is 0.412 e. The van der Waals surface area contributed by atoms with Crippen molar-refractivity contribution in [3.05, 3.63) is 28.3 Å². The molecule has 0 aliphatic carbocycles. The molecule has 1 aromatic carbocycles. The maximum absolute atomic E-state index is 13.2. The van der Waals surface area contributed by atoms with Gasteiger partial charge in [-0.2, -0.15) is 5.26 Å². The lowest BCUT2D eigenvalue weighted by molar-refractivity contribution is 0.139. The lowest BCUT2D eigenvalue weighted by Crippen LogP contribution is -2.49. The quantitative estimate of drug-likeness (QED) is 0.623. The Labute approximate surface area is 174 Å². The number of hydrogen-bond acceptors (Lipinski definition) is 3. The lowest BCUT2D eigenvalue weighted by Gasteiger charge is -2.40. The number of nitriles is 1. The number of urea groups is 1. The van der Waals surface area contributed by atoms with Crippen molar-refractivity contribution in [2.75, 3.05) is 11.4 Å². The zero-order chi connectivity index (χ0) is 21.0. The van der Waals surface area contributed by atoms with E-state index < -0.39 is 8.32 Å². The first kappa shape index (κ1) is 21.2. The van der Waals surface area contributed by atoms with Crippen LogP contribution in [0.4, 0.5) is 10.5 Å².